The summed E-state index contributed by atoms with van der Waals surface area (Å²) in [5.41, 5.74) is 2.67. The maximum absolute atomic E-state index is 12.6. The number of carbonyl (C=O) groups is 2. The summed E-state index contributed by atoms with van der Waals surface area (Å²) >= 11 is 1.13. The van der Waals surface area contributed by atoms with Crippen LogP contribution in [0.4, 0.5) is 5.00 Å². The Morgan fingerprint density at radius 3 is 2.72 bits per heavy atom. The Hall–Kier alpha value is -2.39. The highest BCUT2D eigenvalue weighted by Gasteiger charge is 2.32. The highest BCUT2D eigenvalue weighted by Crippen LogP contribution is 2.38. The predicted octanol–water partition coefficient (Wildman–Crippen LogP) is 2.89. The number of aryl methyl sites for hydroxylation is 1. The Morgan fingerprint density at radius 1 is 1.28 bits per heavy atom. The van der Waals surface area contributed by atoms with Crippen molar-refractivity contribution in [2.45, 2.75) is 32.4 Å². The zero-order valence-corrected chi connectivity index (χ0v) is 18.2. The lowest BCUT2D eigenvalue weighted by Gasteiger charge is -2.13. The van der Waals surface area contributed by atoms with E-state index in [-0.39, 0.29) is 42.4 Å². The highest BCUT2D eigenvalue weighted by atomic mass is 32.2. The second-order valence-electron chi connectivity index (χ2n) is 6.80. The summed E-state index contributed by atoms with van der Waals surface area (Å²) in [4.78, 5) is 25.7. The molecule has 0 aliphatic carbocycles. The number of ether oxygens (including phenoxy) is 2. The topological polar surface area (TPSA) is 98.8 Å². The van der Waals surface area contributed by atoms with E-state index in [1.54, 1.807) is 20.1 Å². The number of benzene rings is 1. The molecule has 1 amide bonds. The lowest BCUT2D eigenvalue weighted by molar-refractivity contribution is -0.115. The van der Waals surface area contributed by atoms with Gasteiger partial charge in [0.15, 0.2) is 9.84 Å². The molecule has 0 fully saturated rings. The van der Waals surface area contributed by atoms with Crippen molar-refractivity contribution >= 4 is 38.1 Å². The van der Waals surface area contributed by atoms with Gasteiger partial charge in [0.1, 0.15) is 10.8 Å². The number of hydrogen-bond acceptors (Lipinski definition) is 7. The van der Waals surface area contributed by atoms with Gasteiger partial charge in [0.05, 0.1) is 37.2 Å². The zero-order chi connectivity index (χ0) is 21.2. The predicted molar refractivity (Wildman–Crippen MR) is 112 cm³/mol. The summed E-state index contributed by atoms with van der Waals surface area (Å²) in [5, 5.41) is 3.12. The van der Waals surface area contributed by atoms with E-state index in [4.69, 9.17) is 9.47 Å². The molecule has 0 spiro atoms. The largest absolute Gasteiger partial charge is 0.496 e. The van der Waals surface area contributed by atoms with Crippen molar-refractivity contribution in [2.24, 2.45) is 0 Å². The molecule has 9 heteroatoms. The summed E-state index contributed by atoms with van der Waals surface area (Å²) in [5.74, 6) is -0.289. The van der Waals surface area contributed by atoms with Gasteiger partial charge in [0.2, 0.25) is 5.91 Å². The van der Waals surface area contributed by atoms with E-state index < -0.39 is 15.8 Å². The molecule has 29 heavy (non-hydrogen) atoms. The molecule has 1 aliphatic rings. The molecule has 0 unspecified atom stereocenters. The van der Waals surface area contributed by atoms with Gasteiger partial charge in [-0.2, -0.15) is 0 Å². The average Bonchev–Trinajstić information content (AvgIpc) is 2.98. The first-order valence-corrected chi connectivity index (χ1v) is 11.8. The van der Waals surface area contributed by atoms with Crippen LogP contribution in [-0.4, -0.2) is 39.8 Å². The SMILES string of the molecule is CCOC(=O)c1c(NC(=O)Cc2ccc(C)c(OC)c2)sc2c1CCS(=O)(=O)C2. The van der Waals surface area contributed by atoms with Crippen LogP contribution < -0.4 is 10.1 Å². The molecule has 1 N–H and O–H groups in total. The fraction of sp³-hybridized carbons (Fsp3) is 0.400. The number of nitrogens with one attached hydrogen (secondary N) is 1. The van der Waals surface area contributed by atoms with Crippen LogP contribution in [0.5, 0.6) is 5.75 Å². The van der Waals surface area contributed by atoms with Gasteiger partial charge in [-0.15, -0.1) is 11.3 Å². The molecule has 1 aliphatic heterocycles. The molecule has 0 atom stereocenters. The molecule has 156 valence electrons. The van der Waals surface area contributed by atoms with Gasteiger partial charge in [-0.3, -0.25) is 4.79 Å². The van der Waals surface area contributed by atoms with Gasteiger partial charge in [-0.1, -0.05) is 12.1 Å². The lowest BCUT2D eigenvalue weighted by atomic mass is 10.1. The molecule has 0 saturated carbocycles. The quantitative estimate of drug-likeness (QED) is 0.698. The molecule has 0 saturated heterocycles. The molecule has 1 aromatic heterocycles. The van der Waals surface area contributed by atoms with E-state index in [1.807, 2.05) is 19.1 Å². The standard InChI is InChI=1S/C20H23NO6S2/c1-4-27-20(23)18-14-7-8-29(24,25)11-16(14)28-19(18)21-17(22)10-13-6-5-12(2)15(9-13)26-3/h5-6,9H,4,7-8,10-11H2,1-3H3,(H,21,22). The summed E-state index contributed by atoms with van der Waals surface area (Å²) in [6.07, 6.45) is 0.340. The van der Waals surface area contributed by atoms with Gasteiger partial charge in [-0.25, -0.2) is 13.2 Å². The number of fused-ring (bicyclic) bond motifs is 1. The number of anilines is 1. The Balaban J connectivity index is 1.87. The van der Waals surface area contributed by atoms with Gasteiger partial charge in [-0.05, 0) is 43.0 Å². The van der Waals surface area contributed by atoms with Crippen molar-refractivity contribution < 1.29 is 27.5 Å². The van der Waals surface area contributed by atoms with E-state index in [1.165, 1.54) is 0 Å². The van der Waals surface area contributed by atoms with E-state index in [0.717, 1.165) is 22.5 Å². The van der Waals surface area contributed by atoms with E-state index >= 15 is 0 Å². The van der Waals surface area contributed by atoms with Gasteiger partial charge in [0.25, 0.3) is 0 Å². The van der Waals surface area contributed by atoms with Crippen LogP contribution >= 0.6 is 11.3 Å². The number of methoxy groups -OCH3 is 1. The van der Waals surface area contributed by atoms with Crippen LogP contribution in [0.15, 0.2) is 18.2 Å². The van der Waals surface area contributed by atoms with Crippen molar-refractivity contribution in [1.82, 2.24) is 0 Å². The van der Waals surface area contributed by atoms with E-state index in [9.17, 15) is 18.0 Å². The first-order valence-electron chi connectivity index (χ1n) is 9.19. The number of thiophene rings is 1. The monoisotopic (exact) mass is 437 g/mol. The van der Waals surface area contributed by atoms with Crippen LogP contribution in [0.2, 0.25) is 0 Å². The first kappa shape index (κ1) is 21.3. The number of esters is 1. The van der Waals surface area contributed by atoms with Gasteiger partial charge < -0.3 is 14.8 Å². The molecule has 3 rings (SSSR count). The molecule has 7 nitrogen and oxygen atoms in total. The van der Waals surface area contributed by atoms with Crippen molar-refractivity contribution in [1.29, 1.82) is 0 Å². The molecule has 0 bridgehead atoms. The second kappa shape index (κ2) is 8.54. The fourth-order valence-corrected chi connectivity index (χ4v) is 6.32. The maximum atomic E-state index is 12.6. The molecular formula is C20H23NO6S2. The van der Waals surface area contributed by atoms with Crippen molar-refractivity contribution in [3.63, 3.8) is 0 Å². The van der Waals surface area contributed by atoms with Crippen LogP contribution in [0.25, 0.3) is 0 Å². The summed E-state index contributed by atoms with van der Waals surface area (Å²) in [7, 11) is -1.62. The van der Waals surface area contributed by atoms with Crippen molar-refractivity contribution in [3.8, 4) is 5.75 Å². The normalized spacial score (nSPS) is 14.7. The van der Waals surface area contributed by atoms with E-state index in [0.29, 0.717) is 21.2 Å². The third kappa shape index (κ3) is 4.79. The third-order valence-electron chi connectivity index (χ3n) is 4.67. The average molecular weight is 438 g/mol. The summed E-state index contributed by atoms with van der Waals surface area (Å²) in [6.45, 7) is 3.81. The molecule has 2 heterocycles. The van der Waals surface area contributed by atoms with Crippen LogP contribution in [-0.2, 0) is 38.0 Å². The third-order valence-corrected chi connectivity index (χ3v) is 7.56. The highest BCUT2D eigenvalue weighted by molar-refractivity contribution is 7.90. The Morgan fingerprint density at radius 2 is 2.03 bits per heavy atom. The van der Waals surface area contributed by atoms with Crippen LogP contribution in [0, 0.1) is 6.92 Å². The minimum absolute atomic E-state index is 0.0142. The smallest absolute Gasteiger partial charge is 0.341 e. The number of amides is 1. The number of hydrogen-bond donors (Lipinski definition) is 1. The second-order valence-corrected chi connectivity index (χ2v) is 10.1. The van der Waals surface area contributed by atoms with E-state index in [2.05, 4.69) is 5.32 Å². The minimum atomic E-state index is -3.19. The van der Waals surface area contributed by atoms with Crippen LogP contribution in [0.3, 0.4) is 0 Å². The molecule has 1 aromatic carbocycles. The van der Waals surface area contributed by atoms with Crippen molar-refractivity contribution in [2.75, 3.05) is 24.8 Å². The molecule has 2 aromatic rings. The lowest BCUT2D eigenvalue weighted by Crippen LogP contribution is -2.20. The zero-order valence-electron chi connectivity index (χ0n) is 16.5. The summed E-state index contributed by atoms with van der Waals surface area (Å²) in [6, 6.07) is 5.52. The van der Waals surface area contributed by atoms with Gasteiger partial charge in [0, 0.05) is 4.88 Å². The number of carbonyl (C=O) groups excluding carboxylic acids is 2. The Labute approximate surface area is 173 Å². The minimum Gasteiger partial charge on any atom is -0.496 e. The number of rotatable bonds is 6. The molecule has 0 radical (unpaired) electrons. The Kier molecular flexibility index (Phi) is 6.28. The van der Waals surface area contributed by atoms with Crippen LogP contribution in [0.1, 0.15) is 38.8 Å². The Bertz CT molecular complexity index is 1060. The summed E-state index contributed by atoms with van der Waals surface area (Å²) < 4.78 is 34.4. The first-order chi connectivity index (χ1) is 13.7. The number of sulfone groups is 1. The fourth-order valence-electron chi connectivity index (χ4n) is 3.26. The maximum Gasteiger partial charge on any atom is 0.341 e. The van der Waals surface area contributed by atoms with Gasteiger partial charge >= 0.3 is 5.97 Å². The van der Waals surface area contributed by atoms with Crippen molar-refractivity contribution in [3.05, 3.63) is 45.3 Å². The molecular weight excluding hydrogens is 414 g/mol.